The van der Waals surface area contributed by atoms with Gasteiger partial charge in [-0.05, 0) is 36.4 Å². The molecule has 2 aliphatic rings. The Morgan fingerprint density at radius 3 is 2.52 bits per heavy atom. The normalized spacial score (nSPS) is 17.6. The Balaban J connectivity index is 1.28. The first kappa shape index (κ1) is 20.6. The third-order valence-corrected chi connectivity index (χ3v) is 9.79. The van der Waals surface area contributed by atoms with Crippen LogP contribution < -0.4 is 10.2 Å². The monoisotopic (exact) mass is 474 g/mol. The smallest absolute Gasteiger partial charge is 0.275 e. The summed E-state index contributed by atoms with van der Waals surface area (Å²) < 4.78 is 26.6. The van der Waals surface area contributed by atoms with Gasteiger partial charge in [0, 0.05) is 31.6 Å². The van der Waals surface area contributed by atoms with Gasteiger partial charge in [-0.25, -0.2) is 13.4 Å². The fourth-order valence-corrected chi connectivity index (χ4v) is 7.13. The van der Waals surface area contributed by atoms with Gasteiger partial charge in [0.25, 0.3) is 5.91 Å². The van der Waals surface area contributed by atoms with Crippen LogP contribution in [0.2, 0.25) is 0 Å². The van der Waals surface area contributed by atoms with Crippen LogP contribution in [0.25, 0.3) is 9.88 Å². The number of hydrogen-bond donors (Lipinski definition) is 1. The lowest BCUT2D eigenvalue weighted by molar-refractivity contribution is 0.102. The molecule has 0 atom stereocenters. The number of nitrogens with one attached hydrogen (secondary N) is 1. The highest BCUT2D eigenvalue weighted by atomic mass is 32.2. The maximum absolute atomic E-state index is 12.8. The molecule has 2 fully saturated rings. The molecule has 0 bridgehead atoms. The van der Waals surface area contributed by atoms with Crippen molar-refractivity contribution in [1.29, 1.82) is 0 Å². The predicted octanol–water partition coefficient (Wildman–Crippen LogP) is 3.74. The highest BCUT2D eigenvalue weighted by Gasteiger charge is 2.41. The van der Waals surface area contributed by atoms with Crippen LogP contribution in [-0.2, 0) is 10.0 Å². The molecule has 162 valence electrons. The molecular formula is C21H22N4O3S3. The van der Waals surface area contributed by atoms with Crippen molar-refractivity contribution in [1.82, 2.24) is 9.29 Å². The van der Waals surface area contributed by atoms with Crippen LogP contribution in [0.5, 0.6) is 0 Å². The number of hydrogen-bond acceptors (Lipinski definition) is 7. The van der Waals surface area contributed by atoms with Crippen LogP contribution in [-0.4, -0.2) is 55.0 Å². The van der Waals surface area contributed by atoms with Crippen molar-refractivity contribution in [2.24, 2.45) is 0 Å². The number of thiophene rings is 1. The number of anilines is 2. The molecule has 1 aliphatic carbocycles. The fourth-order valence-electron chi connectivity index (χ4n) is 3.69. The molecule has 31 heavy (non-hydrogen) atoms. The Hall–Kier alpha value is -2.27. The minimum atomic E-state index is -3.15. The zero-order chi connectivity index (χ0) is 21.4. The highest BCUT2D eigenvalue weighted by molar-refractivity contribution is 7.90. The zero-order valence-electron chi connectivity index (χ0n) is 16.7. The molecule has 2 aromatic heterocycles. The Kier molecular flexibility index (Phi) is 5.55. The second-order valence-corrected chi connectivity index (χ2v) is 11.6. The van der Waals surface area contributed by atoms with Crippen molar-refractivity contribution in [2.45, 2.75) is 18.1 Å². The lowest BCUT2D eigenvalue weighted by Crippen LogP contribution is -2.49. The second kappa shape index (κ2) is 8.34. The molecule has 10 heteroatoms. The lowest BCUT2D eigenvalue weighted by atomic mass is 10.2. The maximum Gasteiger partial charge on any atom is 0.275 e. The number of amides is 1. The molecule has 1 amide bonds. The van der Waals surface area contributed by atoms with Crippen LogP contribution in [0.1, 0.15) is 23.3 Å². The van der Waals surface area contributed by atoms with E-state index in [-0.39, 0.29) is 11.2 Å². The summed E-state index contributed by atoms with van der Waals surface area (Å²) in [5.41, 5.74) is 1.99. The summed E-state index contributed by atoms with van der Waals surface area (Å²) in [5.74, 6) is -0.249. The second-order valence-electron chi connectivity index (χ2n) is 7.62. The summed E-state index contributed by atoms with van der Waals surface area (Å²) in [6.45, 7) is 2.13. The molecule has 1 aliphatic heterocycles. The predicted molar refractivity (Wildman–Crippen MR) is 126 cm³/mol. The number of carbonyl (C=O) groups is 1. The molecule has 3 aromatic rings. The summed E-state index contributed by atoms with van der Waals surface area (Å²) in [6.07, 6.45) is 1.56. The van der Waals surface area contributed by atoms with E-state index in [4.69, 9.17) is 0 Å². The first-order chi connectivity index (χ1) is 15.0. The quantitative estimate of drug-likeness (QED) is 0.589. The van der Waals surface area contributed by atoms with Gasteiger partial charge in [0.05, 0.1) is 21.5 Å². The molecule has 1 N–H and O–H groups in total. The number of benzene rings is 1. The molecule has 1 saturated carbocycles. The lowest BCUT2D eigenvalue weighted by Gasteiger charge is -2.36. The fraction of sp³-hybridized carbons (Fsp3) is 0.333. The topological polar surface area (TPSA) is 82.6 Å². The Morgan fingerprint density at radius 1 is 1.03 bits per heavy atom. The van der Waals surface area contributed by atoms with Gasteiger partial charge in [-0.1, -0.05) is 18.2 Å². The average Bonchev–Trinajstić information content (AvgIpc) is 3.30. The molecule has 0 spiro atoms. The van der Waals surface area contributed by atoms with Gasteiger partial charge in [-0.3, -0.25) is 4.79 Å². The number of aromatic nitrogens is 1. The maximum atomic E-state index is 12.8. The molecular weight excluding hydrogens is 452 g/mol. The van der Waals surface area contributed by atoms with Crippen molar-refractivity contribution in [2.75, 3.05) is 36.4 Å². The Bertz CT molecular complexity index is 1180. The van der Waals surface area contributed by atoms with Crippen LogP contribution in [0.3, 0.4) is 0 Å². The standard InChI is InChI=1S/C21H22N4O3S3/c26-20(17-14-30-21(23-17)19-6-3-13-29-19)22-16-4-1-2-5-18(16)24-9-11-25(12-10-24)31(27,28)15-7-8-15/h1-6,13-15H,7-12H2,(H,22,26). The number of sulfonamides is 1. The van der Waals surface area contributed by atoms with E-state index in [1.165, 1.54) is 11.3 Å². The molecule has 1 aromatic carbocycles. The van der Waals surface area contributed by atoms with E-state index in [1.807, 2.05) is 41.8 Å². The first-order valence-corrected chi connectivity index (χ1v) is 13.4. The number of nitrogens with zero attached hydrogens (tertiary/aromatic N) is 3. The van der Waals surface area contributed by atoms with E-state index in [1.54, 1.807) is 21.0 Å². The van der Waals surface area contributed by atoms with E-state index >= 15 is 0 Å². The van der Waals surface area contributed by atoms with Crippen molar-refractivity contribution in [3.8, 4) is 9.88 Å². The van der Waals surface area contributed by atoms with Gasteiger partial charge in [0.2, 0.25) is 10.0 Å². The number of thiazole rings is 1. The van der Waals surface area contributed by atoms with Gasteiger partial charge in [-0.2, -0.15) is 4.31 Å². The van der Waals surface area contributed by atoms with Gasteiger partial charge in [0.15, 0.2) is 0 Å². The highest BCUT2D eigenvalue weighted by Crippen LogP contribution is 2.33. The van der Waals surface area contributed by atoms with E-state index in [2.05, 4.69) is 15.2 Å². The molecule has 3 heterocycles. The van der Waals surface area contributed by atoms with Crippen LogP contribution in [0.4, 0.5) is 11.4 Å². The SMILES string of the molecule is O=C(Nc1ccccc1N1CCN(S(=O)(=O)C2CC2)CC1)c1csc(-c2cccs2)n1. The zero-order valence-corrected chi connectivity index (χ0v) is 19.2. The molecule has 5 rings (SSSR count). The molecule has 1 saturated heterocycles. The number of para-hydroxylation sites is 2. The summed E-state index contributed by atoms with van der Waals surface area (Å²) >= 11 is 3.05. The van der Waals surface area contributed by atoms with Gasteiger partial charge >= 0.3 is 0 Å². The number of carbonyl (C=O) groups excluding carboxylic acids is 1. The summed E-state index contributed by atoms with van der Waals surface area (Å²) in [7, 11) is -3.15. The molecule has 7 nitrogen and oxygen atoms in total. The van der Waals surface area contributed by atoms with Crippen LogP contribution in [0.15, 0.2) is 47.2 Å². The van der Waals surface area contributed by atoms with Gasteiger partial charge < -0.3 is 10.2 Å². The molecule has 0 unspecified atom stereocenters. The third-order valence-electron chi connectivity index (χ3n) is 5.51. The summed E-state index contributed by atoms with van der Waals surface area (Å²) in [6, 6.07) is 11.6. The largest absolute Gasteiger partial charge is 0.367 e. The van der Waals surface area contributed by atoms with Crippen molar-refractivity contribution in [3.05, 3.63) is 52.9 Å². The average molecular weight is 475 g/mol. The minimum Gasteiger partial charge on any atom is -0.367 e. The minimum absolute atomic E-state index is 0.178. The summed E-state index contributed by atoms with van der Waals surface area (Å²) in [5, 5.41) is 7.41. The van der Waals surface area contributed by atoms with Crippen LogP contribution >= 0.6 is 22.7 Å². The Morgan fingerprint density at radius 2 is 1.81 bits per heavy atom. The first-order valence-electron chi connectivity index (χ1n) is 10.2. The van der Waals surface area contributed by atoms with Crippen LogP contribution in [0, 0.1) is 0 Å². The van der Waals surface area contributed by atoms with E-state index in [9.17, 15) is 13.2 Å². The number of piperazine rings is 1. The summed E-state index contributed by atoms with van der Waals surface area (Å²) in [4.78, 5) is 20.5. The Labute approximate surface area is 189 Å². The third kappa shape index (κ3) is 4.25. The van der Waals surface area contributed by atoms with Crippen molar-refractivity contribution < 1.29 is 13.2 Å². The van der Waals surface area contributed by atoms with Crippen molar-refractivity contribution in [3.63, 3.8) is 0 Å². The number of rotatable bonds is 6. The van der Waals surface area contributed by atoms with Gasteiger partial charge in [0.1, 0.15) is 10.7 Å². The van der Waals surface area contributed by atoms with E-state index < -0.39 is 10.0 Å². The van der Waals surface area contributed by atoms with Crippen molar-refractivity contribution >= 4 is 50.0 Å². The van der Waals surface area contributed by atoms with Gasteiger partial charge in [-0.15, -0.1) is 22.7 Å². The molecule has 0 radical (unpaired) electrons. The van der Waals surface area contributed by atoms with E-state index in [0.29, 0.717) is 37.6 Å². The van der Waals surface area contributed by atoms with E-state index in [0.717, 1.165) is 28.4 Å².